The molecule has 6 N–H and O–H groups in total. The van der Waals surface area contributed by atoms with E-state index in [2.05, 4.69) is 38.4 Å². The predicted molar refractivity (Wildman–Crippen MR) is 159 cm³/mol. The van der Waals surface area contributed by atoms with E-state index in [0.717, 1.165) is 59.9 Å². The maximum atomic E-state index is 13.0. The summed E-state index contributed by atoms with van der Waals surface area (Å²) in [5, 5.41) is 24.0. The molecular formula is C29H33F6N7O5. The number of carbonyl (C=O) groups excluding carboxylic acids is 1. The summed E-state index contributed by atoms with van der Waals surface area (Å²) in [6.07, 6.45) is -4.07. The van der Waals surface area contributed by atoms with Gasteiger partial charge in [-0.15, -0.1) is 0 Å². The molecular weight excluding hydrogens is 640 g/mol. The van der Waals surface area contributed by atoms with Gasteiger partial charge in [0.15, 0.2) is 0 Å². The lowest BCUT2D eigenvalue weighted by Gasteiger charge is -2.17. The predicted octanol–water partition coefficient (Wildman–Crippen LogP) is 5.25. The highest BCUT2D eigenvalue weighted by Crippen LogP contribution is 2.32. The molecule has 0 radical (unpaired) electrons. The molecule has 256 valence electrons. The first kappa shape index (κ1) is 36.8. The number of hydrogen-bond donors (Lipinski definition) is 5. The lowest BCUT2D eigenvalue weighted by atomic mass is 10.1. The van der Waals surface area contributed by atoms with Crippen LogP contribution < -0.4 is 11.1 Å². The zero-order chi connectivity index (χ0) is 35.1. The van der Waals surface area contributed by atoms with Gasteiger partial charge >= 0.3 is 24.3 Å². The van der Waals surface area contributed by atoms with E-state index in [9.17, 15) is 31.1 Å². The fourth-order valence-corrected chi connectivity index (χ4v) is 4.85. The van der Waals surface area contributed by atoms with Crippen molar-refractivity contribution in [3.05, 3.63) is 53.5 Å². The third-order valence-electron chi connectivity index (χ3n) is 7.15. The number of carbonyl (C=O) groups is 3. The normalized spacial score (nSPS) is 15.1. The van der Waals surface area contributed by atoms with E-state index in [4.69, 9.17) is 25.5 Å². The van der Waals surface area contributed by atoms with Crippen LogP contribution in [0.2, 0.25) is 0 Å². The van der Waals surface area contributed by atoms with Crippen LogP contribution in [0.1, 0.15) is 53.5 Å². The topological polar surface area (TPSA) is 179 Å². The summed E-state index contributed by atoms with van der Waals surface area (Å²) in [5.41, 5.74) is 10.3. The van der Waals surface area contributed by atoms with Crippen LogP contribution >= 0.6 is 0 Å². The third-order valence-corrected chi connectivity index (χ3v) is 7.15. The number of anilines is 1. The van der Waals surface area contributed by atoms with Gasteiger partial charge in [0.25, 0.3) is 5.91 Å². The van der Waals surface area contributed by atoms with Crippen molar-refractivity contribution in [2.45, 2.75) is 57.5 Å². The molecule has 1 atom stereocenters. The number of pyridine rings is 1. The first-order valence-corrected chi connectivity index (χ1v) is 14.2. The summed E-state index contributed by atoms with van der Waals surface area (Å²) in [6, 6.07) is 10.2. The standard InChI is InChI=1S/C25H31N7O.2C2HF3O2/c1-16-19-8-7-17(13-23(19)32(30-16)11-4-3-9-26)25(33)29-24-14-20-18(15-27-24)12-21(28-20)22-6-5-10-31(22)2;2*3-2(4,5)1(6)7/h7-8,12-15,22,28H,3-6,9-11,26H2,1-2H3,(H,27,29,33);2*(H,6,7)/t22-;;/m1../s1. The van der Waals surface area contributed by atoms with Crippen LogP contribution in [0.4, 0.5) is 32.2 Å². The van der Waals surface area contributed by atoms with E-state index in [1.165, 1.54) is 12.1 Å². The number of fused-ring (bicyclic) bond motifs is 2. The molecule has 4 heterocycles. The number of aryl methyl sites for hydroxylation is 2. The van der Waals surface area contributed by atoms with Gasteiger partial charge in [-0.05, 0) is 70.9 Å². The van der Waals surface area contributed by atoms with Crippen LogP contribution in [0.25, 0.3) is 21.8 Å². The van der Waals surface area contributed by atoms with Gasteiger partial charge in [0, 0.05) is 46.9 Å². The number of nitrogens with zero attached hydrogens (tertiary/aromatic N) is 4. The Kier molecular flexibility index (Phi) is 11.9. The zero-order valence-corrected chi connectivity index (χ0v) is 25.2. The number of carboxylic acid groups (broad SMARTS) is 2. The van der Waals surface area contributed by atoms with Gasteiger partial charge in [-0.25, -0.2) is 14.6 Å². The molecule has 0 aliphatic carbocycles. The summed E-state index contributed by atoms with van der Waals surface area (Å²) in [6.45, 7) is 4.57. The number of aliphatic carboxylic acids is 2. The number of aromatic amines is 1. The quantitative estimate of drug-likeness (QED) is 0.129. The molecule has 1 aliphatic heterocycles. The van der Waals surface area contributed by atoms with Gasteiger partial charge in [-0.3, -0.25) is 14.4 Å². The SMILES string of the molecule is Cc1nn(CCCCN)c2cc(C(=O)Nc3cc4[nH]c([C@H]5CCCN5C)cc4cn3)ccc12.O=C(O)C(F)(F)F.O=C(O)C(F)(F)F. The third kappa shape index (κ3) is 9.89. The minimum atomic E-state index is -5.08. The molecule has 47 heavy (non-hydrogen) atoms. The van der Waals surface area contributed by atoms with Crippen LogP contribution in [0.3, 0.4) is 0 Å². The molecule has 12 nitrogen and oxygen atoms in total. The smallest absolute Gasteiger partial charge is 0.475 e. The number of unbranched alkanes of at least 4 members (excludes halogenated alkanes) is 1. The fraction of sp³-hybridized carbons (Fsp3) is 0.414. The lowest BCUT2D eigenvalue weighted by molar-refractivity contribution is -0.193. The number of halogens is 6. The summed E-state index contributed by atoms with van der Waals surface area (Å²) in [4.78, 5) is 41.2. The van der Waals surface area contributed by atoms with Gasteiger partial charge in [0.05, 0.1) is 16.7 Å². The Morgan fingerprint density at radius 1 is 1.04 bits per heavy atom. The number of nitrogens with two attached hydrogens (primary N) is 1. The van der Waals surface area contributed by atoms with Crippen LogP contribution in [-0.4, -0.2) is 85.2 Å². The van der Waals surface area contributed by atoms with Crippen molar-refractivity contribution in [1.29, 1.82) is 0 Å². The minimum Gasteiger partial charge on any atom is -0.475 e. The van der Waals surface area contributed by atoms with Crippen molar-refractivity contribution in [3.8, 4) is 0 Å². The summed E-state index contributed by atoms with van der Waals surface area (Å²) in [7, 11) is 2.16. The van der Waals surface area contributed by atoms with E-state index in [1.54, 1.807) is 0 Å². The molecule has 0 saturated carbocycles. The maximum Gasteiger partial charge on any atom is 0.490 e. The summed E-state index contributed by atoms with van der Waals surface area (Å²) >= 11 is 0. The number of carboxylic acids is 2. The van der Waals surface area contributed by atoms with E-state index in [0.29, 0.717) is 24.0 Å². The van der Waals surface area contributed by atoms with Crippen LogP contribution in [0, 0.1) is 6.92 Å². The molecule has 5 rings (SSSR count). The van der Waals surface area contributed by atoms with Crippen LogP contribution in [-0.2, 0) is 16.1 Å². The highest BCUT2D eigenvalue weighted by Gasteiger charge is 2.39. The summed E-state index contributed by atoms with van der Waals surface area (Å²) < 4.78 is 65.4. The number of rotatable bonds is 7. The molecule has 0 bridgehead atoms. The van der Waals surface area contributed by atoms with Crippen LogP contribution in [0.15, 0.2) is 36.5 Å². The van der Waals surface area contributed by atoms with Crippen molar-refractivity contribution >= 4 is 45.5 Å². The minimum absolute atomic E-state index is 0.182. The summed E-state index contributed by atoms with van der Waals surface area (Å²) in [5.74, 6) is -5.16. The number of nitrogens with one attached hydrogen (secondary N) is 2. The van der Waals surface area contributed by atoms with Crippen molar-refractivity contribution < 1.29 is 50.9 Å². The fourth-order valence-electron chi connectivity index (χ4n) is 4.85. The van der Waals surface area contributed by atoms with E-state index in [1.807, 2.05) is 42.1 Å². The Balaban J connectivity index is 0.000000360. The Hall–Kier alpha value is -4.71. The second kappa shape index (κ2) is 15.3. The number of aromatic nitrogens is 4. The van der Waals surface area contributed by atoms with Crippen molar-refractivity contribution in [1.82, 2.24) is 24.6 Å². The molecule has 4 aromatic rings. The number of benzene rings is 1. The largest absolute Gasteiger partial charge is 0.490 e. The highest BCUT2D eigenvalue weighted by molar-refractivity contribution is 6.06. The second-order valence-corrected chi connectivity index (χ2v) is 10.6. The molecule has 18 heteroatoms. The number of hydrogen-bond acceptors (Lipinski definition) is 7. The maximum absolute atomic E-state index is 13.0. The number of likely N-dealkylation sites (tertiary alicyclic amines) is 1. The number of alkyl halides is 6. The molecule has 1 aromatic carbocycles. The van der Waals surface area contributed by atoms with E-state index < -0.39 is 24.3 Å². The van der Waals surface area contributed by atoms with Crippen molar-refractivity contribution in [2.24, 2.45) is 5.73 Å². The first-order chi connectivity index (χ1) is 21.9. The Morgan fingerprint density at radius 2 is 1.68 bits per heavy atom. The van der Waals surface area contributed by atoms with E-state index >= 15 is 0 Å². The molecule has 1 amide bonds. The monoisotopic (exact) mass is 673 g/mol. The Bertz CT molecular complexity index is 1690. The average Bonchev–Trinajstić information content (AvgIpc) is 3.69. The Morgan fingerprint density at radius 3 is 2.23 bits per heavy atom. The molecule has 0 unspecified atom stereocenters. The van der Waals surface area contributed by atoms with Gasteiger partial charge < -0.3 is 26.2 Å². The molecule has 0 spiro atoms. The Labute approximate surface area is 263 Å². The van der Waals surface area contributed by atoms with Gasteiger partial charge in [0.1, 0.15) is 5.82 Å². The first-order valence-electron chi connectivity index (χ1n) is 14.2. The second-order valence-electron chi connectivity index (χ2n) is 10.6. The highest BCUT2D eigenvalue weighted by atomic mass is 19.4. The average molecular weight is 674 g/mol. The molecule has 1 saturated heterocycles. The van der Waals surface area contributed by atoms with Gasteiger partial charge in [-0.2, -0.15) is 31.4 Å². The zero-order valence-electron chi connectivity index (χ0n) is 25.2. The van der Waals surface area contributed by atoms with Crippen LogP contribution in [0.5, 0.6) is 0 Å². The molecule has 3 aromatic heterocycles. The van der Waals surface area contributed by atoms with Gasteiger partial charge in [-0.1, -0.05) is 6.07 Å². The number of amides is 1. The lowest BCUT2D eigenvalue weighted by Crippen LogP contribution is -2.21. The van der Waals surface area contributed by atoms with Gasteiger partial charge in [0.2, 0.25) is 0 Å². The molecule has 1 fully saturated rings. The van der Waals surface area contributed by atoms with Crippen molar-refractivity contribution in [3.63, 3.8) is 0 Å². The number of H-pyrrole nitrogens is 1. The molecule has 1 aliphatic rings. The van der Waals surface area contributed by atoms with Crippen molar-refractivity contribution in [2.75, 3.05) is 25.5 Å². The van der Waals surface area contributed by atoms with E-state index in [-0.39, 0.29) is 5.91 Å².